The Morgan fingerprint density at radius 2 is 1.96 bits per heavy atom. The Balaban J connectivity index is 1.83. The van der Waals surface area contributed by atoms with Gasteiger partial charge in [0.25, 0.3) is 0 Å². The van der Waals surface area contributed by atoms with Crippen molar-refractivity contribution in [1.29, 1.82) is 0 Å². The molecule has 140 valence electrons. The van der Waals surface area contributed by atoms with Gasteiger partial charge in [-0.15, -0.1) is 13.2 Å². The zero-order valence-electron chi connectivity index (χ0n) is 14.4. The average Bonchev–Trinajstić information content (AvgIpc) is 2.58. The number of piperidine rings is 1. The quantitative estimate of drug-likeness (QED) is 0.813. The lowest BCUT2D eigenvalue weighted by Crippen LogP contribution is -2.39. The molecular weight excluding hydrogens is 333 g/mol. The first-order valence-electron chi connectivity index (χ1n) is 8.65. The van der Waals surface area contributed by atoms with Crippen LogP contribution in [0.25, 0.3) is 0 Å². The monoisotopic (exact) mass is 358 g/mol. The Hall–Kier alpha value is -1.76. The molecule has 1 aromatic carbocycles. The molecule has 0 aliphatic carbocycles. The lowest BCUT2D eigenvalue weighted by atomic mass is 9.93. The predicted molar refractivity (Wildman–Crippen MR) is 89.3 cm³/mol. The highest BCUT2D eigenvalue weighted by atomic mass is 19.4. The lowest BCUT2D eigenvalue weighted by molar-refractivity contribution is -0.274. The van der Waals surface area contributed by atoms with Crippen LogP contribution in [0, 0.1) is 5.92 Å². The van der Waals surface area contributed by atoms with E-state index in [9.17, 15) is 18.0 Å². The van der Waals surface area contributed by atoms with Crippen molar-refractivity contribution < 1.29 is 22.7 Å². The van der Waals surface area contributed by atoms with Gasteiger partial charge < -0.3 is 15.0 Å². The fourth-order valence-corrected chi connectivity index (χ4v) is 3.15. The van der Waals surface area contributed by atoms with Crippen molar-refractivity contribution in [2.24, 2.45) is 5.92 Å². The third-order valence-corrected chi connectivity index (χ3v) is 4.58. The largest absolute Gasteiger partial charge is 0.573 e. The first-order chi connectivity index (χ1) is 11.9. The van der Waals surface area contributed by atoms with Gasteiger partial charge in [-0.2, -0.15) is 0 Å². The van der Waals surface area contributed by atoms with Crippen molar-refractivity contribution in [3.05, 3.63) is 29.8 Å². The Kier molecular flexibility index (Phi) is 7.11. The van der Waals surface area contributed by atoms with Crippen LogP contribution in [-0.4, -0.2) is 43.9 Å². The molecule has 0 unspecified atom stereocenters. The normalized spacial score (nSPS) is 16.1. The van der Waals surface area contributed by atoms with Crippen LogP contribution in [0.4, 0.5) is 13.2 Å². The second-order valence-corrected chi connectivity index (χ2v) is 6.37. The number of amides is 1. The highest BCUT2D eigenvalue weighted by Gasteiger charge is 2.32. The number of rotatable bonds is 7. The predicted octanol–water partition coefficient (Wildman–Crippen LogP) is 3.37. The zero-order valence-corrected chi connectivity index (χ0v) is 14.4. The number of hydrogen-bond donors (Lipinski definition) is 1. The number of carbonyl (C=O) groups is 1. The van der Waals surface area contributed by atoms with Gasteiger partial charge in [-0.05, 0) is 56.8 Å². The summed E-state index contributed by atoms with van der Waals surface area (Å²) in [6.07, 6.45) is -1.21. The van der Waals surface area contributed by atoms with Gasteiger partial charge in [0.2, 0.25) is 5.91 Å². The van der Waals surface area contributed by atoms with Gasteiger partial charge in [-0.3, -0.25) is 4.79 Å². The molecule has 0 spiro atoms. The third-order valence-electron chi connectivity index (χ3n) is 4.58. The average molecular weight is 358 g/mol. The number of hydrogen-bond acceptors (Lipinski definition) is 3. The molecule has 7 heteroatoms. The van der Waals surface area contributed by atoms with Crippen LogP contribution in [0.3, 0.4) is 0 Å². The minimum atomic E-state index is -4.73. The number of benzene rings is 1. The van der Waals surface area contributed by atoms with E-state index in [0.29, 0.717) is 11.5 Å². The summed E-state index contributed by atoms with van der Waals surface area (Å²) < 4.78 is 41.3. The van der Waals surface area contributed by atoms with Crippen LogP contribution in [0.2, 0.25) is 0 Å². The maximum absolute atomic E-state index is 12.4. The van der Waals surface area contributed by atoms with Gasteiger partial charge in [0.1, 0.15) is 5.75 Å². The molecule has 2 rings (SSSR count). The molecule has 4 nitrogen and oxygen atoms in total. The van der Waals surface area contributed by atoms with Gasteiger partial charge in [0.15, 0.2) is 0 Å². The molecule has 25 heavy (non-hydrogen) atoms. The van der Waals surface area contributed by atoms with E-state index in [2.05, 4.69) is 10.1 Å². The van der Waals surface area contributed by atoms with E-state index in [4.69, 9.17) is 0 Å². The molecule has 1 heterocycles. The van der Waals surface area contributed by atoms with Crippen molar-refractivity contribution in [2.75, 3.05) is 26.7 Å². The second kappa shape index (κ2) is 9.08. The van der Waals surface area contributed by atoms with E-state index in [0.717, 1.165) is 38.9 Å². The molecule has 1 amide bonds. The summed E-state index contributed by atoms with van der Waals surface area (Å²) >= 11 is 0. The summed E-state index contributed by atoms with van der Waals surface area (Å²) in [5.74, 6) is 0.403. The molecule has 1 aliphatic heterocycles. The Bertz CT molecular complexity index is 555. The van der Waals surface area contributed by atoms with Gasteiger partial charge in [0.05, 0.1) is 0 Å². The number of carbonyl (C=O) groups excluding carboxylic acids is 1. The van der Waals surface area contributed by atoms with Gasteiger partial charge in [0, 0.05) is 19.5 Å². The number of para-hydroxylation sites is 1. The number of halogens is 3. The number of nitrogens with one attached hydrogen (secondary N) is 1. The van der Waals surface area contributed by atoms with Crippen LogP contribution < -0.4 is 10.1 Å². The summed E-state index contributed by atoms with van der Waals surface area (Å²) in [5.41, 5.74) is 0.400. The van der Waals surface area contributed by atoms with Crippen LogP contribution >= 0.6 is 0 Å². The fraction of sp³-hybridized carbons (Fsp3) is 0.611. The van der Waals surface area contributed by atoms with Crippen molar-refractivity contribution >= 4 is 5.91 Å². The molecule has 0 radical (unpaired) electrons. The molecule has 1 N–H and O–H groups in total. The molecule has 0 aromatic heterocycles. The highest BCUT2D eigenvalue weighted by molar-refractivity contribution is 5.76. The fourth-order valence-electron chi connectivity index (χ4n) is 3.15. The Morgan fingerprint density at radius 1 is 1.28 bits per heavy atom. The van der Waals surface area contributed by atoms with Crippen molar-refractivity contribution in [3.8, 4) is 5.75 Å². The minimum Gasteiger partial charge on any atom is -0.406 e. The molecular formula is C18H25F3N2O2. The Labute approximate surface area is 146 Å². The maximum Gasteiger partial charge on any atom is 0.573 e. The van der Waals surface area contributed by atoms with Crippen molar-refractivity contribution in [2.45, 2.75) is 38.5 Å². The topological polar surface area (TPSA) is 41.6 Å². The van der Waals surface area contributed by atoms with Crippen molar-refractivity contribution in [1.82, 2.24) is 10.2 Å². The van der Waals surface area contributed by atoms with Crippen LogP contribution in [0.15, 0.2) is 24.3 Å². The number of ether oxygens (including phenoxy) is 1. The number of nitrogens with zero attached hydrogens (tertiary/aromatic N) is 1. The molecule has 1 fully saturated rings. The lowest BCUT2D eigenvalue weighted by Gasteiger charge is -2.32. The number of aryl methyl sites for hydroxylation is 1. The van der Waals surface area contributed by atoms with E-state index < -0.39 is 6.36 Å². The van der Waals surface area contributed by atoms with Gasteiger partial charge >= 0.3 is 6.36 Å². The summed E-state index contributed by atoms with van der Waals surface area (Å²) in [7, 11) is 1.93. The molecule has 1 aliphatic rings. The first-order valence-corrected chi connectivity index (χ1v) is 8.65. The van der Waals surface area contributed by atoms with Gasteiger partial charge in [-0.1, -0.05) is 18.2 Å². The highest BCUT2D eigenvalue weighted by Crippen LogP contribution is 2.27. The Morgan fingerprint density at radius 3 is 2.60 bits per heavy atom. The first kappa shape index (κ1) is 19.6. The van der Waals surface area contributed by atoms with E-state index in [-0.39, 0.29) is 24.5 Å². The molecule has 0 atom stereocenters. The molecule has 0 bridgehead atoms. The summed E-state index contributed by atoms with van der Waals surface area (Å²) in [6.45, 7) is 2.44. The molecule has 0 saturated carbocycles. The number of likely N-dealkylation sites (tertiary alicyclic amines) is 1. The van der Waals surface area contributed by atoms with Gasteiger partial charge in [-0.25, -0.2) is 0 Å². The van der Waals surface area contributed by atoms with Crippen molar-refractivity contribution in [3.63, 3.8) is 0 Å². The van der Waals surface area contributed by atoms with Crippen LogP contribution in [0.1, 0.15) is 31.2 Å². The third kappa shape index (κ3) is 6.57. The zero-order chi connectivity index (χ0) is 18.3. The summed E-state index contributed by atoms with van der Waals surface area (Å²) in [5, 5.41) is 3.14. The second-order valence-electron chi connectivity index (χ2n) is 6.37. The van der Waals surface area contributed by atoms with E-state index in [1.54, 1.807) is 12.1 Å². The van der Waals surface area contributed by atoms with E-state index in [1.165, 1.54) is 12.1 Å². The number of alkyl halides is 3. The van der Waals surface area contributed by atoms with E-state index >= 15 is 0 Å². The molecule has 1 saturated heterocycles. The summed E-state index contributed by atoms with van der Waals surface area (Å²) in [4.78, 5) is 14.2. The maximum atomic E-state index is 12.4. The standard InChI is InChI=1S/C18H25F3N2O2/c1-22-11-8-14-9-12-23(13-10-14)17(24)7-6-15-4-2-3-5-16(15)25-18(19,20)21/h2-5,14,22H,6-13H2,1H3. The molecule has 1 aromatic rings. The summed E-state index contributed by atoms with van der Waals surface area (Å²) in [6, 6.07) is 5.98. The van der Waals surface area contributed by atoms with Crippen LogP contribution in [0.5, 0.6) is 5.75 Å². The van der Waals surface area contributed by atoms with Crippen LogP contribution in [-0.2, 0) is 11.2 Å². The van der Waals surface area contributed by atoms with E-state index in [1.807, 2.05) is 11.9 Å². The smallest absolute Gasteiger partial charge is 0.406 e. The SMILES string of the molecule is CNCCC1CCN(C(=O)CCc2ccccc2OC(F)(F)F)CC1. The minimum absolute atomic E-state index is 0.00567.